The average molecular weight is 332 g/mol. The number of hydrogen-bond acceptors (Lipinski definition) is 7. The maximum Gasteiger partial charge on any atom is 0.299 e. The van der Waals surface area contributed by atoms with E-state index in [9.17, 15) is 4.39 Å². The molecule has 3 aromatic rings. The predicted octanol–water partition coefficient (Wildman–Crippen LogP) is 2.51. The first-order chi connectivity index (χ1) is 11.2. The minimum atomic E-state index is -0.322. The number of fused-ring (bicyclic) bond motifs is 5. The van der Waals surface area contributed by atoms with Gasteiger partial charge in [-0.25, -0.2) is 9.37 Å². The number of nitrogen functional groups attached to an aromatic ring is 1. The molecule has 2 aliphatic heterocycles. The Morgan fingerprint density at radius 3 is 3.13 bits per heavy atom. The molecule has 0 amide bonds. The van der Waals surface area contributed by atoms with Crippen molar-refractivity contribution in [3.05, 3.63) is 34.6 Å². The van der Waals surface area contributed by atoms with Crippen molar-refractivity contribution < 1.29 is 13.5 Å². The summed E-state index contributed by atoms with van der Waals surface area (Å²) in [6.07, 6.45) is 0.743. The lowest BCUT2D eigenvalue weighted by molar-refractivity contribution is 0.0579. The number of morpholine rings is 1. The van der Waals surface area contributed by atoms with E-state index in [-0.39, 0.29) is 17.9 Å². The molecule has 118 valence electrons. The molecule has 6 nitrogen and oxygen atoms in total. The molecule has 0 saturated carbocycles. The smallest absolute Gasteiger partial charge is 0.299 e. The maximum atomic E-state index is 13.4. The summed E-state index contributed by atoms with van der Waals surface area (Å²) in [5.74, 6) is -0.322. The highest BCUT2D eigenvalue weighted by Gasteiger charge is 2.42. The number of nitrogens with zero attached hydrogens (tertiary/aromatic N) is 3. The van der Waals surface area contributed by atoms with Gasteiger partial charge in [-0.1, -0.05) is 11.3 Å². The number of ether oxygens (including phenoxy) is 1. The van der Waals surface area contributed by atoms with Crippen LogP contribution in [0, 0.1) is 5.82 Å². The quantitative estimate of drug-likeness (QED) is 0.738. The average Bonchev–Trinajstić information content (AvgIpc) is 3.09. The molecule has 2 atom stereocenters. The molecule has 0 aliphatic carbocycles. The third kappa shape index (κ3) is 1.95. The van der Waals surface area contributed by atoms with Crippen molar-refractivity contribution in [2.75, 3.05) is 23.8 Å². The Balaban J connectivity index is 1.63. The van der Waals surface area contributed by atoms with Crippen LogP contribution in [0.3, 0.4) is 0 Å². The summed E-state index contributed by atoms with van der Waals surface area (Å²) >= 11 is 1.48. The van der Waals surface area contributed by atoms with Crippen LogP contribution in [0.5, 0.6) is 0 Å². The fraction of sp³-hybridized carbons (Fsp3) is 0.333. The summed E-state index contributed by atoms with van der Waals surface area (Å²) < 4.78 is 25.0. The Bertz CT molecular complexity index is 908. The number of thiazole rings is 1. The van der Waals surface area contributed by atoms with Gasteiger partial charge in [-0.2, -0.15) is 4.98 Å². The molecule has 0 spiro atoms. The van der Waals surface area contributed by atoms with Gasteiger partial charge in [0, 0.05) is 12.5 Å². The lowest BCUT2D eigenvalue weighted by Gasteiger charge is -2.43. The normalized spacial score (nSPS) is 23.3. The van der Waals surface area contributed by atoms with E-state index in [4.69, 9.17) is 14.9 Å². The zero-order chi connectivity index (χ0) is 15.6. The third-order valence-corrected chi connectivity index (χ3v) is 5.38. The Hall–Kier alpha value is -2.19. The minimum absolute atomic E-state index is 0.00907. The number of hydrogen-bond donors (Lipinski definition) is 1. The fourth-order valence-corrected chi connectivity index (χ4v) is 4.34. The third-order valence-electron chi connectivity index (χ3n) is 4.35. The van der Waals surface area contributed by atoms with Crippen molar-refractivity contribution in [1.82, 2.24) is 9.97 Å². The molecule has 8 heteroatoms. The van der Waals surface area contributed by atoms with Crippen LogP contribution in [-0.4, -0.2) is 29.2 Å². The SMILES string of the molecule is Nc1nc2c(s1)[C@@H]1COC[C@H](C2)N1c1nc2cc(F)ccc2o1. The summed E-state index contributed by atoms with van der Waals surface area (Å²) in [5.41, 5.74) is 8.02. The maximum absolute atomic E-state index is 13.4. The summed E-state index contributed by atoms with van der Waals surface area (Å²) in [4.78, 5) is 12.1. The van der Waals surface area contributed by atoms with Gasteiger partial charge in [-0.3, -0.25) is 0 Å². The summed E-state index contributed by atoms with van der Waals surface area (Å²) in [7, 11) is 0. The molecular weight excluding hydrogens is 319 g/mol. The monoisotopic (exact) mass is 332 g/mol. The van der Waals surface area contributed by atoms with Crippen LogP contribution >= 0.6 is 11.3 Å². The van der Waals surface area contributed by atoms with Gasteiger partial charge in [0.25, 0.3) is 6.01 Å². The van der Waals surface area contributed by atoms with Gasteiger partial charge in [0.1, 0.15) is 11.3 Å². The predicted molar refractivity (Wildman–Crippen MR) is 84.0 cm³/mol. The number of benzene rings is 1. The van der Waals surface area contributed by atoms with Crippen molar-refractivity contribution >= 4 is 33.6 Å². The van der Waals surface area contributed by atoms with Crippen LogP contribution in [0.15, 0.2) is 22.6 Å². The second-order valence-electron chi connectivity index (χ2n) is 5.79. The molecular formula is C15H13FN4O2S. The molecule has 2 N–H and O–H groups in total. The van der Waals surface area contributed by atoms with Gasteiger partial charge in [-0.05, 0) is 12.1 Å². The Kier molecular flexibility index (Phi) is 2.68. The van der Waals surface area contributed by atoms with E-state index in [2.05, 4.69) is 14.9 Å². The highest BCUT2D eigenvalue weighted by molar-refractivity contribution is 7.15. The summed E-state index contributed by atoms with van der Waals surface area (Å²) in [6, 6.07) is 4.95. The van der Waals surface area contributed by atoms with Crippen molar-refractivity contribution in [2.45, 2.75) is 18.5 Å². The first-order valence-corrected chi connectivity index (χ1v) is 8.18. The fourth-order valence-electron chi connectivity index (χ4n) is 3.39. The first kappa shape index (κ1) is 13.3. The molecule has 1 aromatic carbocycles. The van der Waals surface area contributed by atoms with E-state index >= 15 is 0 Å². The van der Waals surface area contributed by atoms with Crippen molar-refractivity contribution in [3.8, 4) is 0 Å². The standard InChI is InChI=1S/C15H13FN4O2S/c16-7-1-2-12-9(3-7)19-15(22-12)20-8-4-10-13(23-14(17)18-10)11(20)6-21-5-8/h1-3,8,11H,4-6H2,(H2,17,18)/t8-,11-/m0/s1. The molecule has 0 unspecified atom stereocenters. The largest absolute Gasteiger partial charge is 0.423 e. The van der Waals surface area contributed by atoms with Crippen LogP contribution in [0.25, 0.3) is 11.1 Å². The van der Waals surface area contributed by atoms with Crippen LogP contribution in [-0.2, 0) is 11.2 Å². The highest BCUT2D eigenvalue weighted by atomic mass is 32.1. The van der Waals surface area contributed by atoms with Crippen LogP contribution in [0.2, 0.25) is 0 Å². The van der Waals surface area contributed by atoms with E-state index in [1.54, 1.807) is 6.07 Å². The second-order valence-corrected chi connectivity index (χ2v) is 6.85. The molecule has 5 rings (SSSR count). The Morgan fingerprint density at radius 1 is 1.30 bits per heavy atom. The molecule has 1 saturated heterocycles. The van der Waals surface area contributed by atoms with Gasteiger partial charge in [-0.15, -0.1) is 0 Å². The van der Waals surface area contributed by atoms with E-state index in [0.717, 1.165) is 17.0 Å². The molecule has 23 heavy (non-hydrogen) atoms. The second kappa shape index (κ2) is 4.65. The molecule has 4 heterocycles. The molecule has 2 bridgehead atoms. The van der Waals surface area contributed by atoms with E-state index in [1.807, 2.05) is 0 Å². The lowest BCUT2D eigenvalue weighted by atomic mass is 9.97. The minimum Gasteiger partial charge on any atom is -0.423 e. The van der Waals surface area contributed by atoms with Gasteiger partial charge in [0.15, 0.2) is 10.7 Å². The number of nitrogens with two attached hydrogens (primary N) is 1. The Morgan fingerprint density at radius 2 is 2.22 bits per heavy atom. The van der Waals surface area contributed by atoms with Crippen LogP contribution < -0.4 is 10.6 Å². The molecule has 0 radical (unpaired) electrons. The van der Waals surface area contributed by atoms with E-state index in [1.165, 1.54) is 23.5 Å². The van der Waals surface area contributed by atoms with Gasteiger partial charge in [0.2, 0.25) is 0 Å². The summed E-state index contributed by atoms with van der Waals surface area (Å²) in [6.45, 7) is 1.12. The van der Waals surface area contributed by atoms with Gasteiger partial charge in [0.05, 0.1) is 35.9 Å². The Labute approximate surface area is 134 Å². The van der Waals surface area contributed by atoms with Crippen LogP contribution in [0.1, 0.15) is 16.6 Å². The lowest BCUT2D eigenvalue weighted by Crippen LogP contribution is -2.51. The topological polar surface area (TPSA) is 77.4 Å². The zero-order valence-electron chi connectivity index (χ0n) is 12.0. The van der Waals surface area contributed by atoms with Gasteiger partial charge < -0.3 is 19.8 Å². The van der Waals surface area contributed by atoms with Crippen LogP contribution in [0.4, 0.5) is 15.5 Å². The van der Waals surface area contributed by atoms with E-state index in [0.29, 0.717) is 35.5 Å². The molecule has 1 fully saturated rings. The van der Waals surface area contributed by atoms with Crippen molar-refractivity contribution in [3.63, 3.8) is 0 Å². The number of anilines is 2. The number of aromatic nitrogens is 2. The molecule has 2 aromatic heterocycles. The van der Waals surface area contributed by atoms with Crippen molar-refractivity contribution in [1.29, 1.82) is 0 Å². The number of rotatable bonds is 1. The van der Waals surface area contributed by atoms with Crippen molar-refractivity contribution in [2.24, 2.45) is 0 Å². The first-order valence-electron chi connectivity index (χ1n) is 7.36. The molecule has 2 aliphatic rings. The number of oxazole rings is 1. The highest BCUT2D eigenvalue weighted by Crippen LogP contribution is 2.43. The number of halogens is 1. The zero-order valence-corrected chi connectivity index (χ0v) is 12.8. The van der Waals surface area contributed by atoms with E-state index < -0.39 is 0 Å². The van der Waals surface area contributed by atoms with Gasteiger partial charge >= 0.3 is 0 Å². The summed E-state index contributed by atoms with van der Waals surface area (Å²) in [5, 5.41) is 0.571.